The first-order valence-corrected chi connectivity index (χ1v) is 10.0. The highest BCUT2D eigenvalue weighted by atomic mass is 32.1. The molecule has 3 N–H and O–H groups in total. The van der Waals surface area contributed by atoms with Crippen molar-refractivity contribution in [3.05, 3.63) is 42.1 Å². The predicted molar refractivity (Wildman–Crippen MR) is 114 cm³/mol. The molecule has 0 aliphatic heterocycles. The third kappa shape index (κ3) is 3.82. The molecular formula is C19H16F3N5OS2. The summed E-state index contributed by atoms with van der Waals surface area (Å²) in [4.78, 5) is 17.6. The van der Waals surface area contributed by atoms with Crippen molar-refractivity contribution in [3.63, 3.8) is 0 Å². The van der Waals surface area contributed by atoms with Crippen molar-refractivity contribution in [2.24, 2.45) is 0 Å². The third-order valence-corrected chi connectivity index (χ3v) is 5.76. The second kappa shape index (κ2) is 7.17. The van der Waals surface area contributed by atoms with E-state index in [2.05, 4.69) is 38.4 Å². The first-order valence-electron chi connectivity index (χ1n) is 8.77. The van der Waals surface area contributed by atoms with Gasteiger partial charge in [0, 0.05) is 16.0 Å². The molecule has 2 aromatic carbocycles. The van der Waals surface area contributed by atoms with Gasteiger partial charge in [-0.15, -0.1) is 12.6 Å². The number of anilines is 2. The van der Waals surface area contributed by atoms with Crippen molar-refractivity contribution >= 4 is 61.8 Å². The summed E-state index contributed by atoms with van der Waals surface area (Å²) in [5, 5.41) is 12.7. The second-order valence-corrected chi connectivity index (χ2v) is 8.72. The van der Waals surface area contributed by atoms with Crippen LogP contribution in [0, 0.1) is 0 Å². The van der Waals surface area contributed by atoms with E-state index in [9.17, 15) is 18.0 Å². The Hall–Kier alpha value is -2.79. The Morgan fingerprint density at radius 1 is 1.23 bits per heavy atom. The van der Waals surface area contributed by atoms with Gasteiger partial charge in [-0.3, -0.25) is 15.2 Å². The van der Waals surface area contributed by atoms with E-state index < -0.39 is 23.2 Å². The number of hydrogen-bond acceptors (Lipinski definition) is 6. The normalized spacial score (nSPS) is 12.5. The Labute approximate surface area is 178 Å². The van der Waals surface area contributed by atoms with Gasteiger partial charge < -0.3 is 5.32 Å². The van der Waals surface area contributed by atoms with Crippen molar-refractivity contribution in [1.82, 2.24) is 15.2 Å². The number of aromatic nitrogens is 3. The number of halogens is 3. The third-order valence-electron chi connectivity index (χ3n) is 4.48. The van der Waals surface area contributed by atoms with E-state index in [0.29, 0.717) is 15.8 Å². The quantitative estimate of drug-likeness (QED) is 0.317. The van der Waals surface area contributed by atoms with E-state index in [4.69, 9.17) is 0 Å². The fraction of sp³-hybridized carbons (Fsp3) is 0.211. The number of hydrogen-bond donors (Lipinski definition) is 4. The van der Waals surface area contributed by atoms with Gasteiger partial charge in [0.05, 0.1) is 27.5 Å². The maximum atomic E-state index is 13.5. The number of carbonyl (C=O) groups excluding carboxylic acids is 1. The number of H-pyrrole nitrogens is 1. The number of alkyl halides is 3. The van der Waals surface area contributed by atoms with Crippen LogP contribution in [0.5, 0.6) is 0 Å². The van der Waals surface area contributed by atoms with E-state index in [1.807, 2.05) is 0 Å². The molecule has 0 aliphatic carbocycles. The van der Waals surface area contributed by atoms with Crippen LogP contribution in [0.15, 0.2) is 41.4 Å². The molecular weight excluding hydrogens is 435 g/mol. The standard InChI is InChI=1S/C19H16F3N5OS2/c1-18(2,26-9-4-3-5-10(29)6-9)16(28)25-17-24-14-12(19(20,21)22)7-13-11(8-23-27-13)15(14)30-17/h3-8,26,29H,1-2H3,(H,23,27)(H,24,25,28). The minimum absolute atomic E-state index is 0.0759. The highest BCUT2D eigenvalue weighted by Crippen LogP contribution is 2.41. The van der Waals surface area contributed by atoms with Crippen LogP contribution in [0.3, 0.4) is 0 Å². The van der Waals surface area contributed by atoms with Crippen LogP contribution in [0.25, 0.3) is 21.1 Å². The van der Waals surface area contributed by atoms with E-state index in [-0.39, 0.29) is 16.2 Å². The van der Waals surface area contributed by atoms with Gasteiger partial charge in [0.1, 0.15) is 5.54 Å². The SMILES string of the molecule is CC(C)(Nc1cccc(S)c1)C(=O)Nc1nc2c(C(F)(F)F)cc3[nH]ncc3c2s1. The van der Waals surface area contributed by atoms with Gasteiger partial charge in [-0.1, -0.05) is 17.4 Å². The molecule has 2 aromatic heterocycles. The Balaban J connectivity index is 1.67. The zero-order valence-electron chi connectivity index (χ0n) is 15.8. The maximum Gasteiger partial charge on any atom is 0.418 e. The largest absolute Gasteiger partial charge is 0.418 e. The Morgan fingerprint density at radius 2 is 2.00 bits per heavy atom. The molecule has 4 rings (SSSR count). The molecule has 4 aromatic rings. The Morgan fingerprint density at radius 3 is 2.70 bits per heavy atom. The highest BCUT2D eigenvalue weighted by molar-refractivity contribution is 7.80. The molecule has 156 valence electrons. The number of thiazole rings is 1. The number of rotatable bonds is 4. The second-order valence-electron chi connectivity index (χ2n) is 7.20. The monoisotopic (exact) mass is 451 g/mol. The van der Waals surface area contributed by atoms with Crippen LogP contribution in [-0.4, -0.2) is 26.6 Å². The molecule has 0 unspecified atom stereocenters. The molecule has 0 saturated heterocycles. The van der Waals surface area contributed by atoms with Gasteiger partial charge in [-0.25, -0.2) is 4.98 Å². The Bertz CT molecular complexity index is 1260. The van der Waals surface area contributed by atoms with Crippen molar-refractivity contribution in [2.75, 3.05) is 10.6 Å². The molecule has 1 amide bonds. The van der Waals surface area contributed by atoms with Gasteiger partial charge in [0.15, 0.2) is 5.13 Å². The number of carbonyl (C=O) groups is 1. The maximum absolute atomic E-state index is 13.5. The molecule has 0 bridgehead atoms. The summed E-state index contributed by atoms with van der Waals surface area (Å²) in [6, 6.07) is 8.13. The summed E-state index contributed by atoms with van der Waals surface area (Å²) in [7, 11) is 0. The molecule has 0 spiro atoms. The van der Waals surface area contributed by atoms with Crippen LogP contribution < -0.4 is 10.6 Å². The number of nitrogens with zero attached hydrogens (tertiary/aromatic N) is 2. The van der Waals surface area contributed by atoms with E-state index >= 15 is 0 Å². The van der Waals surface area contributed by atoms with E-state index in [1.54, 1.807) is 38.1 Å². The van der Waals surface area contributed by atoms with Crippen molar-refractivity contribution in [1.29, 1.82) is 0 Å². The van der Waals surface area contributed by atoms with Crippen molar-refractivity contribution in [2.45, 2.75) is 30.5 Å². The highest BCUT2D eigenvalue weighted by Gasteiger charge is 2.36. The molecule has 30 heavy (non-hydrogen) atoms. The summed E-state index contributed by atoms with van der Waals surface area (Å²) < 4.78 is 40.8. The van der Waals surface area contributed by atoms with Gasteiger partial charge in [0.2, 0.25) is 0 Å². The lowest BCUT2D eigenvalue weighted by Crippen LogP contribution is -2.44. The van der Waals surface area contributed by atoms with Gasteiger partial charge in [0.25, 0.3) is 5.91 Å². The molecule has 2 heterocycles. The number of thiol groups is 1. The average molecular weight is 451 g/mol. The topological polar surface area (TPSA) is 82.7 Å². The molecule has 0 fully saturated rings. The van der Waals surface area contributed by atoms with Gasteiger partial charge >= 0.3 is 6.18 Å². The van der Waals surface area contributed by atoms with Crippen LogP contribution in [-0.2, 0) is 11.0 Å². The lowest BCUT2D eigenvalue weighted by atomic mass is 10.0. The Kier molecular flexibility index (Phi) is 4.89. The summed E-state index contributed by atoms with van der Waals surface area (Å²) in [6.45, 7) is 3.33. The minimum atomic E-state index is -4.59. The molecule has 0 radical (unpaired) electrons. The molecule has 11 heteroatoms. The summed E-state index contributed by atoms with van der Waals surface area (Å²) in [5.74, 6) is -0.442. The number of aromatic amines is 1. The lowest BCUT2D eigenvalue weighted by molar-refractivity contribution is -0.136. The van der Waals surface area contributed by atoms with Crippen LogP contribution >= 0.6 is 24.0 Å². The number of amides is 1. The van der Waals surface area contributed by atoms with E-state index in [1.165, 1.54) is 6.20 Å². The predicted octanol–water partition coefficient (Wildman–Crippen LogP) is 5.31. The fourth-order valence-corrected chi connectivity index (χ4v) is 4.23. The van der Waals surface area contributed by atoms with Crippen LogP contribution in [0.2, 0.25) is 0 Å². The minimum Gasteiger partial charge on any atom is -0.372 e. The first kappa shape index (κ1) is 20.5. The van der Waals surface area contributed by atoms with Crippen LogP contribution in [0.1, 0.15) is 19.4 Å². The van der Waals surface area contributed by atoms with Crippen molar-refractivity contribution in [3.8, 4) is 0 Å². The first-order chi connectivity index (χ1) is 14.0. The fourth-order valence-electron chi connectivity index (χ4n) is 3.01. The summed E-state index contributed by atoms with van der Waals surface area (Å²) in [5.41, 5.74) is -1.22. The van der Waals surface area contributed by atoms with Gasteiger partial charge in [-0.05, 0) is 38.1 Å². The zero-order valence-corrected chi connectivity index (χ0v) is 17.5. The summed E-state index contributed by atoms with van der Waals surface area (Å²) >= 11 is 5.24. The molecule has 0 saturated carbocycles. The summed E-state index contributed by atoms with van der Waals surface area (Å²) in [6.07, 6.45) is -3.15. The van der Waals surface area contributed by atoms with Gasteiger partial charge in [-0.2, -0.15) is 18.3 Å². The number of fused-ring (bicyclic) bond motifs is 3. The zero-order chi connectivity index (χ0) is 21.7. The molecule has 6 nitrogen and oxygen atoms in total. The average Bonchev–Trinajstić information content (AvgIpc) is 3.25. The van der Waals surface area contributed by atoms with Crippen molar-refractivity contribution < 1.29 is 18.0 Å². The lowest BCUT2D eigenvalue weighted by Gasteiger charge is -2.25. The number of nitrogens with one attached hydrogen (secondary N) is 3. The van der Waals surface area contributed by atoms with Crippen LogP contribution in [0.4, 0.5) is 24.0 Å². The molecule has 0 atom stereocenters. The smallest absolute Gasteiger partial charge is 0.372 e. The number of benzene rings is 2. The van der Waals surface area contributed by atoms with E-state index in [0.717, 1.165) is 22.3 Å². The molecule has 0 aliphatic rings.